The summed E-state index contributed by atoms with van der Waals surface area (Å²) >= 11 is 5.38. The largest absolute Gasteiger partial charge is 0.378 e. The molecule has 0 radical (unpaired) electrons. The molecule has 0 bridgehead atoms. The zero-order chi connectivity index (χ0) is 18.5. The van der Waals surface area contributed by atoms with Crippen LogP contribution in [-0.4, -0.2) is 60.5 Å². The summed E-state index contributed by atoms with van der Waals surface area (Å²) in [5.74, 6) is 3.15. The average molecular weight is 379 g/mol. The summed E-state index contributed by atoms with van der Waals surface area (Å²) in [5, 5.41) is 6.90. The van der Waals surface area contributed by atoms with Crippen LogP contribution in [0.1, 0.15) is 33.6 Å². The van der Waals surface area contributed by atoms with Crippen LogP contribution >= 0.6 is 12.2 Å². The highest BCUT2D eigenvalue weighted by atomic mass is 32.1. The molecule has 144 valence electrons. The lowest BCUT2D eigenvalue weighted by atomic mass is 10.0. The molecule has 2 fully saturated rings. The molecule has 1 aromatic heterocycles. The predicted molar refractivity (Wildman–Crippen MR) is 110 cm³/mol. The van der Waals surface area contributed by atoms with Crippen LogP contribution in [0.25, 0.3) is 0 Å². The molecule has 0 amide bonds. The highest BCUT2D eigenvalue weighted by Gasteiger charge is 2.21. The Labute approximate surface area is 161 Å². The molecule has 3 rings (SSSR count). The number of nitrogens with one attached hydrogen (secondary N) is 2. The van der Waals surface area contributed by atoms with Gasteiger partial charge < -0.3 is 25.2 Å². The molecule has 0 aromatic carbocycles. The van der Waals surface area contributed by atoms with Gasteiger partial charge in [-0.05, 0) is 44.8 Å². The van der Waals surface area contributed by atoms with E-state index in [1.54, 1.807) is 0 Å². The van der Waals surface area contributed by atoms with E-state index >= 15 is 0 Å². The summed E-state index contributed by atoms with van der Waals surface area (Å²) in [6.45, 7) is 11.6. The van der Waals surface area contributed by atoms with E-state index in [1.165, 1.54) is 12.8 Å². The second-order valence-corrected chi connectivity index (χ2v) is 7.86. The minimum atomic E-state index is 0.264. The van der Waals surface area contributed by atoms with Crippen LogP contribution in [0, 0.1) is 5.92 Å². The van der Waals surface area contributed by atoms with E-state index in [2.05, 4.69) is 47.3 Å². The summed E-state index contributed by atoms with van der Waals surface area (Å²) in [4.78, 5) is 14.1. The number of thiocarbonyl (C=S) groups is 1. The van der Waals surface area contributed by atoms with E-state index < -0.39 is 0 Å². The van der Waals surface area contributed by atoms with Gasteiger partial charge >= 0.3 is 0 Å². The predicted octanol–water partition coefficient (Wildman–Crippen LogP) is 2.24. The molecule has 2 aliphatic rings. The molecule has 3 heterocycles. The Hall–Kier alpha value is -1.67. The van der Waals surface area contributed by atoms with Crippen molar-refractivity contribution in [2.75, 3.05) is 54.5 Å². The van der Waals surface area contributed by atoms with Gasteiger partial charge in [-0.3, -0.25) is 0 Å². The first-order chi connectivity index (χ1) is 12.5. The van der Waals surface area contributed by atoms with E-state index in [0.29, 0.717) is 17.0 Å². The average Bonchev–Trinajstić information content (AvgIpc) is 2.61. The van der Waals surface area contributed by atoms with Gasteiger partial charge in [-0.1, -0.05) is 6.92 Å². The fourth-order valence-corrected chi connectivity index (χ4v) is 3.72. The van der Waals surface area contributed by atoms with Crippen molar-refractivity contribution in [2.45, 2.75) is 39.7 Å². The zero-order valence-electron chi connectivity index (χ0n) is 16.0. The molecule has 0 spiro atoms. The van der Waals surface area contributed by atoms with Gasteiger partial charge in [-0.25, -0.2) is 0 Å². The minimum absolute atomic E-state index is 0.264. The van der Waals surface area contributed by atoms with Crippen LogP contribution in [0.5, 0.6) is 0 Å². The van der Waals surface area contributed by atoms with Crippen LogP contribution in [0.2, 0.25) is 0 Å². The first kappa shape index (κ1) is 19.1. The first-order valence-electron chi connectivity index (χ1n) is 9.55. The third-order valence-corrected chi connectivity index (χ3v) is 4.88. The van der Waals surface area contributed by atoms with Crippen LogP contribution in [0.15, 0.2) is 6.07 Å². The molecule has 0 aliphatic carbocycles. The number of hydrogen-bond donors (Lipinski definition) is 2. The SMILES string of the molecule is CC(C)NC(=S)Nc1nc(N2CCOCC2)cc(N2CCC[C@H](C)C2)n1. The van der Waals surface area contributed by atoms with E-state index in [-0.39, 0.29) is 6.04 Å². The van der Waals surface area contributed by atoms with Gasteiger partial charge in [-0.2, -0.15) is 9.97 Å². The van der Waals surface area contributed by atoms with E-state index in [1.807, 2.05) is 0 Å². The maximum Gasteiger partial charge on any atom is 0.232 e. The standard InChI is InChI=1S/C18H30N6OS/c1-13(2)19-18(26)22-17-20-15(23-7-9-25-10-8-23)11-16(21-17)24-6-4-5-14(3)12-24/h11,13-14H,4-10,12H2,1-3H3,(H2,19,20,21,22,26)/t14-/m0/s1. The molecule has 0 saturated carbocycles. The molecular weight excluding hydrogens is 348 g/mol. The highest BCUT2D eigenvalue weighted by molar-refractivity contribution is 7.80. The minimum Gasteiger partial charge on any atom is -0.378 e. The topological polar surface area (TPSA) is 65.6 Å². The Morgan fingerprint density at radius 3 is 2.54 bits per heavy atom. The van der Waals surface area contributed by atoms with Crippen LogP contribution in [0.3, 0.4) is 0 Å². The quantitative estimate of drug-likeness (QED) is 0.774. The Balaban J connectivity index is 1.84. The van der Waals surface area contributed by atoms with Gasteiger partial charge in [0.25, 0.3) is 0 Å². The Morgan fingerprint density at radius 2 is 1.88 bits per heavy atom. The second-order valence-electron chi connectivity index (χ2n) is 7.45. The summed E-state index contributed by atoms with van der Waals surface area (Å²) in [6.07, 6.45) is 2.49. The fraction of sp³-hybridized carbons (Fsp3) is 0.722. The Bertz CT molecular complexity index is 620. The van der Waals surface area contributed by atoms with Crippen molar-refractivity contribution in [1.82, 2.24) is 15.3 Å². The zero-order valence-corrected chi connectivity index (χ0v) is 16.8. The van der Waals surface area contributed by atoms with Gasteiger partial charge in [0.1, 0.15) is 11.6 Å². The molecule has 2 saturated heterocycles. The van der Waals surface area contributed by atoms with Crippen molar-refractivity contribution in [3.8, 4) is 0 Å². The number of aromatic nitrogens is 2. The molecule has 1 aromatic rings. The number of morpholine rings is 1. The molecule has 2 N–H and O–H groups in total. The van der Waals surface area contributed by atoms with Gasteiger partial charge in [-0.15, -0.1) is 0 Å². The van der Waals surface area contributed by atoms with Crippen LogP contribution in [-0.2, 0) is 4.74 Å². The summed E-state index contributed by atoms with van der Waals surface area (Å²) < 4.78 is 5.48. The molecule has 26 heavy (non-hydrogen) atoms. The smallest absolute Gasteiger partial charge is 0.232 e. The van der Waals surface area contributed by atoms with Crippen molar-refractivity contribution in [1.29, 1.82) is 0 Å². The van der Waals surface area contributed by atoms with Gasteiger partial charge in [0.05, 0.1) is 13.2 Å². The number of rotatable bonds is 4. The van der Waals surface area contributed by atoms with Crippen molar-refractivity contribution in [3.05, 3.63) is 6.07 Å². The number of nitrogens with zero attached hydrogens (tertiary/aromatic N) is 4. The summed E-state index contributed by atoms with van der Waals surface area (Å²) in [7, 11) is 0. The molecule has 2 aliphatic heterocycles. The van der Waals surface area contributed by atoms with Gasteiger partial charge in [0, 0.05) is 38.3 Å². The van der Waals surface area contributed by atoms with Crippen LogP contribution < -0.4 is 20.4 Å². The summed E-state index contributed by atoms with van der Waals surface area (Å²) in [6, 6.07) is 2.37. The van der Waals surface area contributed by atoms with Crippen molar-refractivity contribution < 1.29 is 4.74 Å². The van der Waals surface area contributed by atoms with E-state index in [9.17, 15) is 0 Å². The van der Waals surface area contributed by atoms with E-state index in [0.717, 1.165) is 51.0 Å². The number of anilines is 3. The monoisotopic (exact) mass is 378 g/mol. The number of hydrogen-bond acceptors (Lipinski definition) is 6. The molecular formula is C18H30N6OS. The van der Waals surface area contributed by atoms with Crippen LogP contribution in [0.4, 0.5) is 17.6 Å². The lowest BCUT2D eigenvalue weighted by molar-refractivity contribution is 0.122. The molecule has 7 nitrogen and oxygen atoms in total. The maximum atomic E-state index is 5.48. The van der Waals surface area contributed by atoms with Crippen molar-refractivity contribution >= 4 is 34.9 Å². The fourth-order valence-electron chi connectivity index (χ4n) is 3.39. The highest BCUT2D eigenvalue weighted by Crippen LogP contribution is 2.26. The summed E-state index contributed by atoms with van der Waals surface area (Å²) in [5.41, 5.74) is 0. The third-order valence-electron chi connectivity index (χ3n) is 4.66. The lowest BCUT2D eigenvalue weighted by Gasteiger charge is -2.33. The van der Waals surface area contributed by atoms with Crippen molar-refractivity contribution in [2.24, 2.45) is 5.92 Å². The molecule has 8 heteroatoms. The lowest BCUT2D eigenvalue weighted by Crippen LogP contribution is -2.39. The maximum absolute atomic E-state index is 5.48. The van der Waals surface area contributed by atoms with Gasteiger partial charge in [0.2, 0.25) is 5.95 Å². The Morgan fingerprint density at radius 1 is 1.19 bits per heavy atom. The number of piperidine rings is 1. The van der Waals surface area contributed by atoms with Gasteiger partial charge in [0.15, 0.2) is 5.11 Å². The second kappa shape index (κ2) is 8.81. The number of ether oxygens (including phenoxy) is 1. The molecule has 0 unspecified atom stereocenters. The first-order valence-corrected chi connectivity index (χ1v) is 9.96. The van der Waals surface area contributed by atoms with Crippen molar-refractivity contribution in [3.63, 3.8) is 0 Å². The molecule has 1 atom stereocenters. The third kappa shape index (κ3) is 5.17. The normalized spacial score (nSPS) is 21.0. The Kier molecular flexibility index (Phi) is 6.48. The van der Waals surface area contributed by atoms with E-state index in [4.69, 9.17) is 26.9 Å².